The second kappa shape index (κ2) is 6.24. The molecule has 5 nitrogen and oxygen atoms in total. The lowest BCUT2D eigenvalue weighted by atomic mass is 9.77. The maximum Gasteiger partial charge on any atom is 0.326 e. The van der Waals surface area contributed by atoms with Crippen molar-refractivity contribution in [3.05, 3.63) is 0 Å². The summed E-state index contributed by atoms with van der Waals surface area (Å²) in [5.41, 5.74) is 0.268. The summed E-state index contributed by atoms with van der Waals surface area (Å²) in [7, 11) is 0. The Kier molecular flexibility index (Phi) is 4.79. The number of nitrogens with one attached hydrogen (secondary N) is 1. The lowest BCUT2D eigenvalue weighted by Crippen LogP contribution is -2.49. The first-order valence-corrected chi connectivity index (χ1v) is 8.07. The highest BCUT2D eigenvalue weighted by atomic mass is 16.4. The number of aliphatic carboxylic acids is 1. The zero-order valence-corrected chi connectivity index (χ0v) is 13.4. The van der Waals surface area contributed by atoms with Crippen LogP contribution in [0.15, 0.2) is 0 Å². The number of carbonyl (C=O) groups is 2. The van der Waals surface area contributed by atoms with E-state index in [2.05, 4.69) is 26.1 Å². The number of carboxylic acid groups (broad SMARTS) is 1. The van der Waals surface area contributed by atoms with Gasteiger partial charge in [0.15, 0.2) is 0 Å². The van der Waals surface area contributed by atoms with Gasteiger partial charge in [-0.1, -0.05) is 20.8 Å². The monoisotopic (exact) mass is 296 g/mol. The molecule has 2 aliphatic rings. The van der Waals surface area contributed by atoms with Crippen LogP contribution in [0.25, 0.3) is 0 Å². The second-order valence-electron chi connectivity index (χ2n) is 7.58. The molecule has 0 bridgehead atoms. The van der Waals surface area contributed by atoms with Crippen molar-refractivity contribution in [2.75, 3.05) is 13.1 Å². The zero-order valence-electron chi connectivity index (χ0n) is 13.4. The number of hydrogen-bond donors (Lipinski definition) is 2. The van der Waals surface area contributed by atoms with Crippen LogP contribution in [0.2, 0.25) is 0 Å². The summed E-state index contributed by atoms with van der Waals surface area (Å²) in [6, 6.07) is -0.914. The van der Waals surface area contributed by atoms with Crippen molar-refractivity contribution in [3.63, 3.8) is 0 Å². The fourth-order valence-electron chi connectivity index (χ4n) is 3.20. The normalized spacial score (nSPS) is 25.1. The van der Waals surface area contributed by atoms with Crippen molar-refractivity contribution in [3.8, 4) is 0 Å². The third-order valence-electron chi connectivity index (χ3n) is 4.88. The van der Waals surface area contributed by atoms with Crippen LogP contribution in [-0.4, -0.2) is 41.1 Å². The highest BCUT2D eigenvalue weighted by Gasteiger charge is 2.38. The minimum Gasteiger partial charge on any atom is -0.480 e. The molecule has 21 heavy (non-hydrogen) atoms. The van der Waals surface area contributed by atoms with E-state index in [9.17, 15) is 14.7 Å². The van der Waals surface area contributed by atoms with Gasteiger partial charge in [-0.2, -0.15) is 0 Å². The van der Waals surface area contributed by atoms with Crippen LogP contribution in [0.1, 0.15) is 52.9 Å². The summed E-state index contributed by atoms with van der Waals surface area (Å²) in [6.07, 6.45) is 4.94. The predicted molar refractivity (Wildman–Crippen MR) is 81.0 cm³/mol. The lowest BCUT2D eigenvalue weighted by Gasteiger charge is -2.30. The third kappa shape index (κ3) is 4.35. The molecule has 2 amide bonds. The molecule has 0 spiro atoms. The molecular weight excluding hydrogens is 268 g/mol. The van der Waals surface area contributed by atoms with Crippen molar-refractivity contribution in [2.24, 2.45) is 17.3 Å². The van der Waals surface area contributed by atoms with E-state index in [0.717, 1.165) is 45.2 Å². The van der Waals surface area contributed by atoms with Crippen LogP contribution in [0, 0.1) is 17.3 Å². The molecule has 1 saturated carbocycles. The fourth-order valence-corrected chi connectivity index (χ4v) is 3.20. The highest BCUT2D eigenvalue weighted by molar-refractivity contribution is 5.83. The summed E-state index contributed by atoms with van der Waals surface area (Å²) in [6.45, 7) is 8.21. The Bertz CT molecular complexity index is 399. The Hall–Kier alpha value is -1.26. The molecule has 0 aromatic heterocycles. The second-order valence-corrected chi connectivity index (χ2v) is 7.58. The molecule has 1 heterocycles. The standard InChI is InChI=1S/C16H28N2O3/c1-16(2,3)12-5-4-9-18(10-8-12)15(21)17-13(14(19)20)11-6-7-11/h11-13H,4-10H2,1-3H3,(H,17,21)(H,19,20). The highest BCUT2D eigenvalue weighted by Crippen LogP contribution is 2.35. The van der Waals surface area contributed by atoms with Crippen LogP contribution >= 0.6 is 0 Å². The number of rotatable bonds is 3. The van der Waals surface area contributed by atoms with Gasteiger partial charge in [0.2, 0.25) is 0 Å². The average molecular weight is 296 g/mol. The quantitative estimate of drug-likeness (QED) is 0.841. The molecule has 0 radical (unpaired) electrons. The van der Waals surface area contributed by atoms with E-state index in [1.165, 1.54) is 0 Å². The fraction of sp³-hybridized carbons (Fsp3) is 0.875. The molecule has 2 atom stereocenters. The summed E-state index contributed by atoms with van der Waals surface area (Å²) in [5, 5.41) is 11.9. The van der Waals surface area contributed by atoms with E-state index < -0.39 is 12.0 Å². The molecule has 1 saturated heterocycles. The average Bonchev–Trinajstić information content (AvgIpc) is 3.19. The summed E-state index contributed by atoms with van der Waals surface area (Å²) in [5.74, 6) is -0.164. The van der Waals surface area contributed by atoms with Gasteiger partial charge in [-0.3, -0.25) is 0 Å². The molecule has 5 heteroatoms. The molecule has 1 aliphatic carbocycles. The van der Waals surface area contributed by atoms with Crippen molar-refractivity contribution < 1.29 is 14.7 Å². The van der Waals surface area contributed by atoms with Gasteiger partial charge in [0.25, 0.3) is 0 Å². The van der Waals surface area contributed by atoms with Gasteiger partial charge in [0.05, 0.1) is 0 Å². The number of nitrogens with zero attached hydrogens (tertiary/aromatic N) is 1. The summed E-state index contributed by atoms with van der Waals surface area (Å²) < 4.78 is 0. The van der Waals surface area contributed by atoms with Crippen LogP contribution < -0.4 is 5.32 Å². The molecule has 0 aromatic carbocycles. The Morgan fingerprint density at radius 2 is 1.81 bits per heavy atom. The SMILES string of the molecule is CC(C)(C)C1CCCN(C(=O)NC(C(=O)O)C2CC2)CC1. The van der Waals surface area contributed by atoms with Gasteiger partial charge >= 0.3 is 12.0 Å². The van der Waals surface area contributed by atoms with Crippen molar-refractivity contribution in [1.82, 2.24) is 10.2 Å². The topological polar surface area (TPSA) is 69.6 Å². The Balaban J connectivity index is 1.89. The van der Waals surface area contributed by atoms with Gasteiger partial charge in [0, 0.05) is 13.1 Å². The Morgan fingerprint density at radius 1 is 1.14 bits per heavy atom. The molecule has 120 valence electrons. The zero-order chi connectivity index (χ0) is 15.6. The van der Waals surface area contributed by atoms with Gasteiger partial charge < -0.3 is 15.3 Å². The first-order valence-electron chi connectivity index (χ1n) is 8.07. The summed E-state index contributed by atoms with van der Waals surface area (Å²) in [4.78, 5) is 25.3. The Morgan fingerprint density at radius 3 is 2.33 bits per heavy atom. The van der Waals surface area contributed by atoms with E-state index in [1.54, 1.807) is 4.90 Å². The Labute approximate surface area is 127 Å². The minimum absolute atomic E-state index is 0.126. The largest absolute Gasteiger partial charge is 0.480 e. The van der Waals surface area contributed by atoms with E-state index in [4.69, 9.17) is 0 Å². The van der Waals surface area contributed by atoms with Gasteiger partial charge in [-0.05, 0) is 49.4 Å². The maximum atomic E-state index is 12.3. The van der Waals surface area contributed by atoms with Crippen LogP contribution in [-0.2, 0) is 4.79 Å². The maximum absolute atomic E-state index is 12.3. The summed E-state index contributed by atoms with van der Waals surface area (Å²) >= 11 is 0. The number of urea groups is 1. The van der Waals surface area contributed by atoms with Crippen LogP contribution in [0.3, 0.4) is 0 Å². The number of hydrogen-bond acceptors (Lipinski definition) is 2. The number of carboxylic acids is 1. The van der Waals surface area contributed by atoms with Crippen molar-refractivity contribution in [2.45, 2.75) is 58.9 Å². The molecular formula is C16H28N2O3. The van der Waals surface area contributed by atoms with Gasteiger partial charge in [-0.15, -0.1) is 0 Å². The number of amides is 2. The molecule has 1 aliphatic heterocycles. The molecule has 2 fully saturated rings. The first kappa shape index (κ1) is 16.1. The van der Waals surface area contributed by atoms with Gasteiger partial charge in [-0.25, -0.2) is 9.59 Å². The minimum atomic E-state index is -0.909. The lowest BCUT2D eigenvalue weighted by molar-refractivity contribution is -0.139. The van der Waals surface area contributed by atoms with Gasteiger partial charge in [0.1, 0.15) is 6.04 Å². The number of likely N-dealkylation sites (tertiary alicyclic amines) is 1. The molecule has 2 N–H and O–H groups in total. The number of carbonyl (C=O) groups excluding carboxylic acids is 1. The third-order valence-corrected chi connectivity index (χ3v) is 4.88. The smallest absolute Gasteiger partial charge is 0.326 e. The molecule has 0 aromatic rings. The van der Waals surface area contributed by atoms with E-state index in [0.29, 0.717) is 5.92 Å². The van der Waals surface area contributed by atoms with Crippen LogP contribution in [0.5, 0.6) is 0 Å². The van der Waals surface area contributed by atoms with E-state index >= 15 is 0 Å². The molecule has 2 unspecified atom stereocenters. The molecule has 2 rings (SSSR count). The van der Waals surface area contributed by atoms with E-state index in [1.807, 2.05) is 0 Å². The van der Waals surface area contributed by atoms with Crippen LogP contribution in [0.4, 0.5) is 4.79 Å². The predicted octanol–water partition coefficient (Wildman–Crippen LogP) is 2.71. The van der Waals surface area contributed by atoms with Crippen molar-refractivity contribution >= 4 is 12.0 Å². The first-order chi connectivity index (χ1) is 9.79. The van der Waals surface area contributed by atoms with E-state index in [-0.39, 0.29) is 17.4 Å². The van der Waals surface area contributed by atoms with Crippen molar-refractivity contribution in [1.29, 1.82) is 0 Å².